The van der Waals surface area contributed by atoms with Crippen LogP contribution < -0.4 is 9.47 Å². The minimum Gasteiger partial charge on any atom is -0.496 e. The first-order chi connectivity index (χ1) is 9.81. The molecule has 0 saturated carbocycles. The number of hydrogen-bond donors (Lipinski definition) is 1. The molecule has 1 N–H and O–H groups in total. The molecule has 7 heteroatoms. The molecule has 0 amide bonds. The van der Waals surface area contributed by atoms with Gasteiger partial charge in [-0.1, -0.05) is 0 Å². The number of hydrogen-bond acceptors (Lipinski definition) is 3. The summed E-state index contributed by atoms with van der Waals surface area (Å²) in [6, 6.07) is 2.67. The highest BCUT2D eigenvalue weighted by Crippen LogP contribution is 2.43. The van der Waals surface area contributed by atoms with Gasteiger partial charge in [-0.25, -0.2) is 8.78 Å². The van der Waals surface area contributed by atoms with Gasteiger partial charge < -0.3 is 14.6 Å². The number of alkyl halides is 2. The number of carboxylic acid groups (broad SMARTS) is 1. The molecule has 0 heterocycles. The number of carboxylic acids is 1. The van der Waals surface area contributed by atoms with Gasteiger partial charge in [0.1, 0.15) is 11.5 Å². The Labute approximate surface area is 130 Å². The van der Waals surface area contributed by atoms with E-state index in [0.717, 1.165) is 0 Å². The van der Waals surface area contributed by atoms with E-state index in [0.29, 0.717) is 4.47 Å². The second kappa shape index (κ2) is 7.59. The van der Waals surface area contributed by atoms with Crippen LogP contribution in [0.15, 0.2) is 16.6 Å². The molecule has 0 aliphatic rings. The highest BCUT2D eigenvalue weighted by atomic mass is 79.9. The van der Waals surface area contributed by atoms with Crippen molar-refractivity contribution in [2.75, 3.05) is 14.2 Å². The van der Waals surface area contributed by atoms with Crippen LogP contribution in [0.4, 0.5) is 8.78 Å². The fourth-order valence-corrected chi connectivity index (χ4v) is 2.39. The number of rotatable bonds is 8. The van der Waals surface area contributed by atoms with Crippen molar-refractivity contribution in [1.82, 2.24) is 0 Å². The Balaban J connectivity index is 2.92. The summed E-state index contributed by atoms with van der Waals surface area (Å²) in [5, 5.41) is 8.51. The third-order valence-electron chi connectivity index (χ3n) is 3.00. The molecule has 0 aliphatic heterocycles. The standard InChI is InChI=1S/C14H17BrF2O4/c1-20-11-8-10(15)12(21-2)7-9(11)14(16,17)6-4-3-5-13(18)19/h7-8H,3-6H2,1-2H3,(H,18,19). The molecule has 0 atom stereocenters. The van der Waals surface area contributed by atoms with E-state index in [4.69, 9.17) is 14.6 Å². The maximum atomic E-state index is 14.3. The van der Waals surface area contributed by atoms with Crippen LogP contribution in [-0.4, -0.2) is 25.3 Å². The Kier molecular flexibility index (Phi) is 6.39. The molecule has 0 saturated heterocycles. The molecular weight excluding hydrogens is 350 g/mol. The molecular formula is C14H17BrF2O4. The molecule has 1 aromatic carbocycles. The van der Waals surface area contributed by atoms with E-state index in [-0.39, 0.29) is 36.3 Å². The Morgan fingerprint density at radius 2 is 1.86 bits per heavy atom. The third-order valence-corrected chi connectivity index (χ3v) is 3.62. The second-order valence-electron chi connectivity index (χ2n) is 4.49. The molecule has 0 radical (unpaired) electrons. The maximum Gasteiger partial charge on any atom is 0.303 e. The van der Waals surface area contributed by atoms with Crippen LogP contribution in [0.3, 0.4) is 0 Å². The number of carbonyl (C=O) groups is 1. The Morgan fingerprint density at radius 1 is 1.24 bits per heavy atom. The van der Waals surface area contributed by atoms with Gasteiger partial charge in [-0.05, 0) is 40.9 Å². The predicted molar refractivity (Wildman–Crippen MR) is 77.2 cm³/mol. The number of methoxy groups -OCH3 is 2. The molecule has 0 bridgehead atoms. The van der Waals surface area contributed by atoms with Crippen molar-refractivity contribution in [2.24, 2.45) is 0 Å². The fourth-order valence-electron chi connectivity index (χ4n) is 1.90. The molecule has 21 heavy (non-hydrogen) atoms. The molecule has 0 fully saturated rings. The van der Waals surface area contributed by atoms with Gasteiger partial charge in [0.15, 0.2) is 0 Å². The van der Waals surface area contributed by atoms with E-state index in [1.165, 1.54) is 26.4 Å². The molecule has 0 aliphatic carbocycles. The summed E-state index contributed by atoms with van der Waals surface area (Å²) in [5.41, 5.74) is -0.264. The zero-order valence-corrected chi connectivity index (χ0v) is 13.4. The zero-order chi connectivity index (χ0) is 16.0. The summed E-state index contributed by atoms with van der Waals surface area (Å²) in [7, 11) is 2.71. The van der Waals surface area contributed by atoms with Crippen LogP contribution in [0.5, 0.6) is 11.5 Å². The van der Waals surface area contributed by atoms with E-state index in [1.54, 1.807) is 0 Å². The van der Waals surface area contributed by atoms with Gasteiger partial charge in [0, 0.05) is 12.8 Å². The van der Waals surface area contributed by atoms with Crippen molar-refractivity contribution in [2.45, 2.75) is 31.6 Å². The second-order valence-corrected chi connectivity index (χ2v) is 5.35. The highest BCUT2D eigenvalue weighted by molar-refractivity contribution is 9.10. The lowest BCUT2D eigenvalue weighted by Gasteiger charge is -2.20. The van der Waals surface area contributed by atoms with Crippen molar-refractivity contribution in [3.05, 3.63) is 22.2 Å². The molecule has 0 unspecified atom stereocenters. The Morgan fingerprint density at radius 3 is 2.38 bits per heavy atom. The summed E-state index contributed by atoms with van der Waals surface area (Å²) in [6.07, 6.45) is -0.236. The monoisotopic (exact) mass is 366 g/mol. The Bertz CT molecular complexity index is 506. The number of unbranched alkanes of at least 4 members (excludes halogenated alkanes) is 1. The maximum absolute atomic E-state index is 14.3. The zero-order valence-electron chi connectivity index (χ0n) is 11.8. The first-order valence-electron chi connectivity index (χ1n) is 6.33. The quantitative estimate of drug-likeness (QED) is 0.700. The van der Waals surface area contributed by atoms with Crippen LogP contribution >= 0.6 is 15.9 Å². The molecule has 1 rings (SSSR count). The summed E-state index contributed by atoms with van der Waals surface area (Å²) in [4.78, 5) is 10.4. The van der Waals surface area contributed by atoms with E-state index >= 15 is 0 Å². The summed E-state index contributed by atoms with van der Waals surface area (Å²) >= 11 is 3.21. The molecule has 118 valence electrons. The lowest BCUT2D eigenvalue weighted by Crippen LogP contribution is -2.15. The average Bonchev–Trinajstić information content (AvgIpc) is 2.42. The van der Waals surface area contributed by atoms with E-state index in [9.17, 15) is 13.6 Å². The first-order valence-corrected chi connectivity index (χ1v) is 7.12. The first kappa shape index (κ1) is 17.7. The van der Waals surface area contributed by atoms with Crippen LogP contribution in [0.2, 0.25) is 0 Å². The van der Waals surface area contributed by atoms with Crippen molar-refractivity contribution in [1.29, 1.82) is 0 Å². The largest absolute Gasteiger partial charge is 0.496 e. The van der Waals surface area contributed by atoms with Crippen molar-refractivity contribution >= 4 is 21.9 Å². The number of aliphatic carboxylic acids is 1. The van der Waals surface area contributed by atoms with Crippen molar-refractivity contribution in [3.63, 3.8) is 0 Å². The van der Waals surface area contributed by atoms with Crippen LogP contribution in [-0.2, 0) is 10.7 Å². The van der Waals surface area contributed by atoms with Gasteiger partial charge >= 0.3 is 5.97 Å². The molecule has 4 nitrogen and oxygen atoms in total. The average molecular weight is 367 g/mol. The van der Waals surface area contributed by atoms with E-state index in [2.05, 4.69) is 15.9 Å². The van der Waals surface area contributed by atoms with Crippen LogP contribution in [0, 0.1) is 0 Å². The summed E-state index contributed by atoms with van der Waals surface area (Å²) < 4.78 is 39.1. The molecule has 1 aromatic rings. The van der Waals surface area contributed by atoms with Crippen LogP contribution in [0.25, 0.3) is 0 Å². The highest BCUT2D eigenvalue weighted by Gasteiger charge is 2.35. The third kappa shape index (κ3) is 4.84. The smallest absolute Gasteiger partial charge is 0.303 e. The Hall–Kier alpha value is -1.37. The summed E-state index contributed by atoms with van der Waals surface area (Å²) in [6.45, 7) is 0. The van der Waals surface area contributed by atoms with Crippen molar-refractivity contribution in [3.8, 4) is 11.5 Å². The van der Waals surface area contributed by atoms with Gasteiger partial charge in [0.25, 0.3) is 5.92 Å². The normalized spacial score (nSPS) is 11.3. The summed E-state index contributed by atoms with van der Waals surface area (Å²) in [5.74, 6) is -3.75. The number of halogens is 3. The van der Waals surface area contributed by atoms with Crippen LogP contribution in [0.1, 0.15) is 31.2 Å². The van der Waals surface area contributed by atoms with Gasteiger partial charge in [-0.2, -0.15) is 0 Å². The van der Waals surface area contributed by atoms with E-state index in [1.807, 2.05) is 0 Å². The molecule has 0 aromatic heterocycles. The fraction of sp³-hybridized carbons (Fsp3) is 0.500. The minimum absolute atomic E-state index is 0.0610. The van der Waals surface area contributed by atoms with Crippen molar-refractivity contribution < 1.29 is 28.2 Å². The lowest BCUT2D eigenvalue weighted by atomic mass is 10.0. The number of benzene rings is 1. The minimum atomic E-state index is -3.11. The van der Waals surface area contributed by atoms with Gasteiger partial charge in [-0.15, -0.1) is 0 Å². The van der Waals surface area contributed by atoms with E-state index < -0.39 is 18.3 Å². The van der Waals surface area contributed by atoms with Gasteiger partial charge in [0.05, 0.1) is 24.3 Å². The van der Waals surface area contributed by atoms with Gasteiger partial charge in [-0.3, -0.25) is 4.79 Å². The molecule has 0 spiro atoms. The number of ether oxygens (including phenoxy) is 2. The lowest BCUT2D eigenvalue weighted by molar-refractivity contribution is -0.137. The topological polar surface area (TPSA) is 55.8 Å². The van der Waals surface area contributed by atoms with Gasteiger partial charge in [0.2, 0.25) is 0 Å². The predicted octanol–water partition coefficient (Wildman–Crippen LogP) is 4.20. The SMILES string of the molecule is COc1cc(C(F)(F)CCCCC(=O)O)c(OC)cc1Br.